The van der Waals surface area contributed by atoms with Crippen LogP contribution in [0.4, 0.5) is 22.0 Å². The standard InChI is InChI=1S/C5H3Cl2F5/c6-1-2(7)3(8)4(9,10)5(3,11)12/h2H,1H2. The van der Waals surface area contributed by atoms with Gasteiger partial charge in [-0.25, -0.2) is 4.39 Å². The minimum Gasteiger partial charge on any atom is -0.228 e. The molecule has 0 nitrogen and oxygen atoms in total. The molecule has 0 radical (unpaired) electrons. The van der Waals surface area contributed by atoms with E-state index in [1.54, 1.807) is 0 Å². The molecule has 1 atom stereocenters. The first kappa shape index (κ1) is 10.3. The van der Waals surface area contributed by atoms with Crippen LogP contribution in [0.1, 0.15) is 0 Å². The summed E-state index contributed by atoms with van der Waals surface area (Å²) in [6.45, 7) is 0. The Bertz CT molecular complexity index is 190. The van der Waals surface area contributed by atoms with E-state index in [0.717, 1.165) is 0 Å². The number of hydrogen-bond donors (Lipinski definition) is 0. The van der Waals surface area contributed by atoms with Crippen LogP contribution in [-0.4, -0.2) is 28.8 Å². The van der Waals surface area contributed by atoms with E-state index in [1.807, 2.05) is 0 Å². The van der Waals surface area contributed by atoms with E-state index >= 15 is 0 Å². The second-order valence-electron chi connectivity index (χ2n) is 2.48. The topological polar surface area (TPSA) is 0 Å². The Morgan fingerprint density at radius 3 is 1.42 bits per heavy atom. The fraction of sp³-hybridized carbons (Fsp3) is 1.00. The van der Waals surface area contributed by atoms with Gasteiger partial charge < -0.3 is 0 Å². The van der Waals surface area contributed by atoms with Crippen LogP contribution >= 0.6 is 23.2 Å². The summed E-state index contributed by atoms with van der Waals surface area (Å²) in [6.07, 6.45) is 0. The minimum absolute atomic E-state index is 0.788. The number of rotatable bonds is 2. The molecule has 0 spiro atoms. The number of alkyl halides is 7. The van der Waals surface area contributed by atoms with E-state index in [1.165, 1.54) is 0 Å². The highest BCUT2D eigenvalue weighted by Crippen LogP contribution is 2.70. The maximum Gasteiger partial charge on any atom is 0.354 e. The van der Waals surface area contributed by atoms with Gasteiger partial charge in [-0.2, -0.15) is 17.6 Å². The van der Waals surface area contributed by atoms with Crippen LogP contribution in [0.2, 0.25) is 0 Å². The van der Waals surface area contributed by atoms with Crippen LogP contribution in [0.25, 0.3) is 0 Å². The van der Waals surface area contributed by atoms with Crippen molar-refractivity contribution in [2.45, 2.75) is 22.9 Å². The molecule has 0 aliphatic heterocycles. The average Bonchev–Trinajstić information content (AvgIpc) is 2.28. The van der Waals surface area contributed by atoms with Gasteiger partial charge in [0, 0.05) is 5.88 Å². The van der Waals surface area contributed by atoms with Crippen LogP contribution in [0.5, 0.6) is 0 Å². The van der Waals surface area contributed by atoms with Crippen molar-refractivity contribution < 1.29 is 22.0 Å². The summed E-state index contributed by atoms with van der Waals surface area (Å²) < 4.78 is 61.2. The van der Waals surface area contributed by atoms with E-state index < -0.39 is 28.8 Å². The van der Waals surface area contributed by atoms with Crippen LogP contribution in [0.3, 0.4) is 0 Å². The third kappa shape index (κ3) is 0.789. The lowest BCUT2D eigenvalue weighted by Crippen LogP contribution is -2.28. The molecule has 0 bridgehead atoms. The van der Waals surface area contributed by atoms with Gasteiger partial charge in [-0.05, 0) is 0 Å². The Hall–Kier alpha value is 0.230. The molecule has 1 fully saturated rings. The summed E-state index contributed by atoms with van der Waals surface area (Å²) in [5.74, 6) is -10.2. The van der Waals surface area contributed by atoms with Crippen molar-refractivity contribution in [3.05, 3.63) is 0 Å². The molecule has 0 aromatic carbocycles. The van der Waals surface area contributed by atoms with E-state index in [2.05, 4.69) is 0 Å². The normalized spacial score (nSPS) is 31.2. The summed E-state index contributed by atoms with van der Waals surface area (Å²) in [4.78, 5) is 0. The van der Waals surface area contributed by atoms with Crippen molar-refractivity contribution in [3.8, 4) is 0 Å². The van der Waals surface area contributed by atoms with Gasteiger partial charge in [0.05, 0.1) is 5.38 Å². The molecule has 0 amide bonds. The first-order valence-corrected chi connectivity index (χ1v) is 3.85. The maximum atomic E-state index is 12.7. The lowest BCUT2D eigenvalue weighted by atomic mass is 10.2. The Morgan fingerprint density at radius 2 is 1.33 bits per heavy atom. The van der Waals surface area contributed by atoms with Crippen molar-refractivity contribution in [2.24, 2.45) is 0 Å². The largest absolute Gasteiger partial charge is 0.354 e. The van der Waals surface area contributed by atoms with Gasteiger partial charge in [0.2, 0.25) is 0 Å². The van der Waals surface area contributed by atoms with Crippen molar-refractivity contribution in [1.29, 1.82) is 0 Å². The molecule has 72 valence electrons. The minimum atomic E-state index is -4.69. The molecule has 0 saturated heterocycles. The lowest BCUT2D eigenvalue weighted by molar-refractivity contribution is -0.0278. The third-order valence-electron chi connectivity index (χ3n) is 1.81. The zero-order chi connectivity index (χ0) is 9.78. The number of hydrogen-bond acceptors (Lipinski definition) is 0. The highest BCUT2D eigenvalue weighted by atomic mass is 35.5. The highest BCUT2D eigenvalue weighted by molar-refractivity contribution is 6.29. The molecule has 1 aliphatic carbocycles. The molecule has 0 aromatic heterocycles. The van der Waals surface area contributed by atoms with Crippen molar-refractivity contribution in [1.82, 2.24) is 0 Å². The molecule has 1 aliphatic rings. The fourth-order valence-electron chi connectivity index (χ4n) is 0.906. The lowest BCUT2D eigenvalue weighted by Gasteiger charge is -2.08. The smallest absolute Gasteiger partial charge is 0.228 e. The molecule has 0 N–H and O–H groups in total. The molecular weight excluding hydrogens is 226 g/mol. The van der Waals surface area contributed by atoms with E-state index in [9.17, 15) is 22.0 Å². The quantitative estimate of drug-likeness (QED) is 0.504. The SMILES string of the molecule is FC1(F)C(F)(F)C1(F)C(Cl)CCl. The van der Waals surface area contributed by atoms with Gasteiger partial charge in [-0.1, -0.05) is 0 Å². The van der Waals surface area contributed by atoms with E-state index in [-0.39, 0.29) is 0 Å². The third-order valence-corrected chi connectivity index (χ3v) is 2.73. The van der Waals surface area contributed by atoms with Crippen LogP contribution in [0, 0.1) is 0 Å². The molecule has 7 heteroatoms. The van der Waals surface area contributed by atoms with Crippen LogP contribution < -0.4 is 0 Å². The Morgan fingerprint density at radius 1 is 1.00 bits per heavy atom. The second kappa shape index (κ2) is 2.38. The fourth-order valence-corrected chi connectivity index (χ4v) is 1.39. The van der Waals surface area contributed by atoms with Gasteiger partial charge in [-0.15, -0.1) is 23.2 Å². The summed E-state index contributed by atoms with van der Waals surface area (Å²) >= 11 is 9.80. The Kier molecular flexibility index (Phi) is 2.04. The molecule has 0 aromatic rings. The summed E-state index contributed by atoms with van der Waals surface area (Å²) in [5.41, 5.74) is -3.98. The monoisotopic (exact) mass is 228 g/mol. The molecule has 0 heterocycles. The highest BCUT2D eigenvalue weighted by Gasteiger charge is 3.00. The summed E-state index contributed by atoms with van der Waals surface area (Å²) in [6, 6.07) is 0. The Balaban J connectivity index is 2.92. The predicted molar refractivity (Wildman–Crippen MR) is 34.1 cm³/mol. The van der Waals surface area contributed by atoms with Gasteiger partial charge in [0.25, 0.3) is 5.67 Å². The molecule has 1 rings (SSSR count). The molecule has 12 heavy (non-hydrogen) atoms. The summed E-state index contributed by atoms with van der Waals surface area (Å²) in [5, 5.41) is -2.08. The molecular formula is C5H3Cl2F5. The van der Waals surface area contributed by atoms with Gasteiger partial charge in [0.15, 0.2) is 0 Å². The molecule has 1 unspecified atom stereocenters. The van der Waals surface area contributed by atoms with Crippen LogP contribution in [0.15, 0.2) is 0 Å². The van der Waals surface area contributed by atoms with Crippen molar-refractivity contribution in [2.75, 3.05) is 5.88 Å². The zero-order valence-corrected chi connectivity index (χ0v) is 6.94. The molecule has 1 saturated carbocycles. The van der Waals surface area contributed by atoms with E-state index in [0.29, 0.717) is 0 Å². The predicted octanol–water partition coefficient (Wildman–Crippen LogP) is 2.83. The second-order valence-corrected chi connectivity index (χ2v) is 3.32. The van der Waals surface area contributed by atoms with Crippen molar-refractivity contribution in [3.63, 3.8) is 0 Å². The average molecular weight is 229 g/mol. The van der Waals surface area contributed by atoms with Crippen molar-refractivity contribution >= 4 is 23.2 Å². The Labute approximate surface area is 74.6 Å². The number of halogens is 7. The summed E-state index contributed by atoms with van der Waals surface area (Å²) in [7, 11) is 0. The van der Waals surface area contributed by atoms with Gasteiger partial charge in [-0.3, -0.25) is 0 Å². The maximum absolute atomic E-state index is 12.7. The first-order chi connectivity index (χ1) is 5.23. The first-order valence-electron chi connectivity index (χ1n) is 2.88. The van der Waals surface area contributed by atoms with Gasteiger partial charge >= 0.3 is 11.8 Å². The zero-order valence-electron chi connectivity index (χ0n) is 5.43. The van der Waals surface area contributed by atoms with Crippen LogP contribution in [-0.2, 0) is 0 Å². The van der Waals surface area contributed by atoms with E-state index in [4.69, 9.17) is 23.2 Å². The van der Waals surface area contributed by atoms with Gasteiger partial charge in [0.1, 0.15) is 0 Å².